The molecule has 0 saturated heterocycles. The lowest BCUT2D eigenvalue weighted by Crippen LogP contribution is -2.07. The second-order valence-electron chi connectivity index (χ2n) is 6.10. The molecule has 0 saturated carbocycles. The predicted molar refractivity (Wildman–Crippen MR) is 102 cm³/mol. The van der Waals surface area contributed by atoms with Crippen LogP contribution in [0.2, 0.25) is 5.02 Å². The van der Waals surface area contributed by atoms with Crippen molar-refractivity contribution in [1.82, 2.24) is 0 Å². The average molecular weight is 371 g/mol. The summed E-state index contributed by atoms with van der Waals surface area (Å²) in [5.41, 5.74) is 0.461. The summed E-state index contributed by atoms with van der Waals surface area (Å²) in [6, 6.07) is 5.06. The molecule has 0 unspecified atom stereocenters. The molecule has 0 bridgehead atoms. The van der Waals surface area contributed by atoms with Crippen LogP contribution >= 0.6 is 11.6 Å². The number of halogens is 1. The van der Waals surface area contributed by atoms with Crippen LogP contribution in [0.15, 0.2) is 18.2 Å². The van der Waals surface area contributed by atoms with Gasteiger partial charge in [0.2, 0.25) is 0 Å². The van der Waals surface area contributed by atoms with Crippen LogP contribution in [0.3, 0.4) is 0 Å². The number of esters is 1. The molecule has 0 N–H and O–H groups in total. The largest absolute Gasteiger partial charge is 0.492 e. The van der Waals surface area contributed by atoms with Crippen LogP contribution < -0.4 is 4.74 Å². The minimum atomic E-state index is -0.340. The normalized spacial score (nSPS) is 10.7. The minimum absolute atomic E-state index is 0.340. The summed E-state index contributed by atoms with van der Waals surface area (Å²) in [7, 11) is 1.70. The highest BCUT2D eigenvalue weighted by atomic mass is 35.5. The molecule has 0 amide bonds. The van der Waals surface area contributed by atoms with E-state index in [9.17, 15) is 4.79 Å². The molecule has 5 heteroatoms. The summed E-state index contributed by atoms with van der Waals surface area (Å²) in [5, 5.41) is 0.449. The third-order valence-corrected chi connectivity index (χ3v) is 4.19. The molecule has 0 atom stereocenters. The number of rotatable bonds is 14. The van der Waals surface area contributed by atoms with Gasteiger partial charge in [0.15, 0.2) is 0 Å². The number of benzene rings is 1. The zero-order chi connectivity index (χ0) is 18.3. The van der Waals surface area contributed by atoms with E-state index in [1.54, 1.807) is 25.3 Å². The molecule has 0 aliphatic heterocycles. The maximum absolute atomic E-state index is 12.0. The van der Waals surface area contributed by atoms with Crippen molar-refractivity contribution in [2.45, 2.75) is 58.3 Å². The van der Waals surface area contributed by atoms with Gasteiger partial charge in [-0.25, -0.2) is 4.79 Å². The lowest BCUT2D eigenvalue weighted by molar-refractivity contribution is 0.0497. The van der Waals surface area contributed by atoms with E-state index in [-0.39, 0.29) is 5.97 Å². The summed E-state index contributed by atoms with van der Waals surface area (Å²) in [6.45, 7) is 4.04. The van der Waals surface area contributed by atoms with Crippen molar-refractivity contribution in [3.05, 3.63) is 28.8 Å². The Morgan fingerprint density at radius 3 is 2.32 bits per heavy atom. The molecule has 1 rings (SSSR count). The Morgan fingerprint density at radius 2 is 1.64 bits per heavy atom. The molecule has 0 aliphatic rings. The third kappa shape index (κ3) is 9.71. The standard InChI is InChI=1S/C20H31ClO4/c1-3-4-5-9-14-24-19-12-11-17(16-18(19)21)20(22)25-15-10-7-6-8-13-23-2/h11-12,16H,3-10,13-15H2,1-2H3. The summed E-state index contributed by atoms with van der Waals surface area (Å²) in [6.07, 6.45) is 8.60. The Balaban J connectivity index is 2.28. The van der Waals surface area contributed by atoms with Crippen molar-refractivity contribution in [3.63, 3.8) is 0 Å². The predicted octanol–water partition coefficient (Wildman–Crippen LogP) is 5.66. The third-order valence-electron chi connectivity index (χ3n) is 3.90. The summed E-state index contributed by atoms with van der Waals surface area (Å²) < 4.78 is 16.0. The molecular formula is C20H31ClO4. The van der Waals surface area contributed by atoms with E-state index in [0.717, 1.165) is 45.1 Å². The maximum Gasteiger partial charge on any atom is 0.338 e. The maximum atomic E-state index is 12.0. The average Bonchev–Trinajstić information content (AvgIpc) is 2.61. The molecule has 142 valence electrons. The van der Waals surface area contributed by atoms with Crippen LogP contribution in [0.25, 0.3) is 0 Å². The molecule has 0 spiro atoms. The molecule has 0 fully saturated rings. The van der Waals surface area contributed by atoms with E-state index in [2.05, 4.69) is 6.92 Å². The van der Waals surface area contributed by atoms with Gasteiger partial charge in [0.1, 0.15) is 5.75 Å². The van der Waals surface area contributed by atoms with Crippen LogP contribution in [-0.2, 0) is 9.47 Å². The molecule has 1 aromatic rings. The van der Waals surface area contributed by atoms with Gasteiger partial charge in [-0.05, 0) is 43.9 Å². The van der Waals surface area contributed by atoms with Gasteiger partial charge in [-0.2, -0.15) is 0 Å². The fourth-order valence-electron chi connectivity index (χ4n) is 2.41. The highest BCUT2D eigenvalue weighted by molar-refractivity contribution is 6.32. The molecule has 25 heavy (non-hydrogen) atoms. The van der Waals surface area contributed by atoms with Crippen LogP contribution in [0.1, 0.15) is 68.6 Å². The lowest BCUT2D eigenvalue weighted by Gasteiger charge is -2.10. The Hall–Kier alpha value is -1.26. The SMILES string of the molecule is CCCCCCOc1ccc(C(=O)OCCCCCCOC)cc1Cl. The molecule has 0 aliphatic carbocycles. The highest BCUT2D eigenvalue weighted by Gasteiger charge is 2.10. The molecular weight excluding hydrogens is 340 g/mol. The monoisotopic (exact) mass is 370 g/mol. The van der Waals surface area contributed by atoms with E-state index in [0.29, 0.717) is 29.5 Å². The van der Waals surface area contributed by atoms with Gasteiger partial charge < -0.3 is 14.2 Å². The highest BCUT2D eigenvalue weighted by Crippen LogP contribution is 2.26. The Morgan fingerprint density at radius 1 is 0.960 bits per heavy atom. The zero-order valence-electron chi connectivity index (χ0n) is 15.5. The number of hydrogen-bond donors (Lipinski definition) is 0. The molecule has 0 radical (unpaired) electrons. The molecule has 1 aromatic carbocycles. The van der Waals surface area contributed by atoms with Gasteiger partial charge in [0, 0.05) is 13.7 Å². The number of unbranched alkanes of at least 4 members (excludes halogenated alkanes) is 6. The Kier molecular flexibility index (Phi) is 12.2. The van der Waals surface area contributed by atoms with Crippen LogP contribution in [0.4, 0.5) is 0 Å². The van der Waals surface area contributed by atoms with Crippen molar-refractivity contribution in [2.75, 3.05) is 26.9 Å². The lowest BCUT2D eigenvalue weighted by atomic mass is 10.2. The van der Waals surface area contributed by atoms with Gasteiger partial charge in [0.25, 0.3) is 0 Å². The second kappa shape index (κ2) is 14.0. The van der Waals surface area contributed by atoms with E-state index < -0.39 is 0 Å². The second-order valence-corrected chi connectivity index (χ2v) is 6.50. The van der Waals surface area contributed by atoms with Crippen molar-refractivity contribution < 1.29 is 19.0 Å². The number of methoxy groups -OCH3 is 1. The topological polar surface area (TPSA) is 44.8 Å². The number of carbonyl (C=O) groups is 1. The van der Waals surface area contributed by atoms with Crippen molar-refractivity contribution in [1.29, 1.82) is 0 Å². The van der Waals surface area contributed by atoms with Crippen LogP contribution in [-0.4, -0.2) is 32.9 Å². The van der Waals surface area contributed by atoms with Crippen molar-refractivity contribution in [3.8, 4) is 5.75 Å². The van der Waals surface area contributed by atoms with E-state index in [1.807, 2.05) is 0 Å². The summed E-state index contributed by atoms with van der Waals surface area (Å²) >= 11 is 6.20. The van der Waals surface area contributed by atoms with Gasteiger partial charge >= 0.3 is 5.97 Å². The van der Waals surface area contributed by atoms with Crippen molar-refractivity contribution in [2.24, 2.45) is 0 Å². The molecule has 0 heterocycles. The first-order valence-corrected chi connectivity index (χ1v) is 9.65. The zero-order valence-corrected chi connectivity index (χ0v) is 16.3. The first-order chi connectivity index (χ1) is 12.2. The van der Waals surface area contributed by atoms with Gasteiger partial charge in [-0.15, -0.1) is 0 Å². The Labute approximate surface area is 156 Å². The van der Waals surface area contributed by atoms with E-state index in [1.165, 1.54) is 12.8 Å². The summed E-state index contributed by atoms with van der Waals surface area (Å²) in [5.74, 6) is 0.279. The summed E-state index contributed by atoms with van der Waals surface area (Å²) in [4.78, 5) is 12.0. The van der Waals surface area contributed by atoms with Crippen molar-refractivity contribution >= 4 is 17.6 Å². The van der Waals surface area contributed by atoms with Crippen LogP contribution in [0.5, 0.6) is 5.75 Å². The van der Waals surface area contributed by atoms with E-state index >= 15 is 0 Å². The first kappa shape index (κ1) is 21.8. The number of ether oxygens (including phenoxy) is 3. The van der Waals surface area contributed by atoms with Gasteiger partial charge in [0.05, 0.1) is 23.8 Å². The van der Waals surface area contributed by atoms with Gasteiger partial charge in [-0.3, -0.25) is 0 Å². The van der Waals surface area contributed by atoms with E-state index in [4.69, 9.17) is 25.8 Å². The molecule has 0 aromatic heterocycles. The fourth-order valence-corrected chi connectivity index (χ4v) is 2.64. The van der Waals surface area contributed by atoms with Crippen LogP contribution in [0, 0.1) is 0 Å². The number of hydrogen-bond acceptors (Lipinski definition) is 4. The quantitative estimate of drug-likeness (QED) is 0.313. The number of carbonyl (C=O) groups excluding carboxylic acids is 1. The minimum Gasteiger partial charge on any atom is -0.492 e. The van der Waals surface area contributed by atoms with Gasteiger partial charge in [-0.1, -0.05) is 44.2 Å². The molecule has 4 nitrogen and oxygen atoms in total. The Bertz CT molecular complexity index is 491. The first-order valence-electron chi connectivity index (χ1n) is 9.27. The fraction of sp³-hybridized carbons (Fsp3) is 0.650. The smallest absolute Gasteiger partial charge is 0.338 e.